The number of hydrogen-bond acceptors (Lipinski definition) is 3. The van der Waals surface area contributed by atoms with Crippen LogP contribution in [0.4, 0.5) is 0 Å². The van der Waals surface area contributed by atoms with E-state index in [0.29, 0.717) is 0 Å². The van der Waals surface area contributed by atoms with Gasteiger partial charge in [0.2, 0.25) is 5.91 Å². The zero-order chi connectivity index (χ0) is 17.3. The minimum absolute atomic E-state index is 0.0691. The first kappa shape index (κ1) is 18.0. The van der Waals surface area contributed by atoms with Crippen LogP contribution >= 0.6 is 0 Å². The molecular formula is C18H32N4O. The zero-order valence-corrected chi connectivity index (χ0v) is 15.6. The molecule has 0 radical (unpaired) electrons. The van der Waals surface area contributed by atoms with Crippen LogP contribution in [0.25, 0.3) is 0 Å². The summed E-state index contributed by atoms with van der Waals surface area (Å²) < 4.78 is 2.21. The van der Waals surface area contributed by atoms with Crippen molar-refractivity contribution in [2.75, 3.05) is 32.7 Å². The Morgan fingerprint density at radius 2 is 1.74 bits per heavy atom. The Kier molecular flexibility index (Phi) is 5.19. The van der Waals surface area contributed by atoms with Gasteiger partial charge in [0.25, 0.3) is 0 Å². The molecule has 1 aliphatic heterocycles. The first-order valence-electron chi connectivity index (χ1n) is 8.62. The van der Waals surface area contributed by atoms with E-state index in [9.17, 15) is 4.79 Å². The fourth-order valence-electron chi connectivity index (χ4n) is 2.96. The van der Waals surface area contributed by atoms with E-state index in [1.165, 1.54) is 0 Å². The molecule has 5 heteroatoms. The summed E-state index contributed by atoms with van der Waals surface area (Å²) in [5.41, 5.74) is 0.857. The lowest BCUT2D eigenvalue weighted by Crippen LogP contribution is -2.52. The number of imidazole rings is 1. The van der Waals surface area contributed by atoms with Crippen LogP contribution in [0.15, 0.2) is 12.5 Å². The Morgan fingerprint density at radius 1 is 1.13 bits per heavy atom. The van der Waals surface area contributed by atoms with Gasteiger partial charge in [-0.3, -0.25) is 9.69 Å². The third-order valence-electron chi connectivity index (χ3n) is 4.75. The van der Waals surface area contributed by atoms with E-state index in [-0.39, 0.29) is 16.9 Å². The standard InChI is InChI=1S/C18H32N4O/c1-15-13-22(14-19-15)18(5,6)7-8-20-9-11-21(12-10-20)16(23)17(2,3)4/h13-14H,7-12H2,1-6H3. The molecule has 1 aromatic heterocycles. The normalized spacial score (nSPS) is 17.6. The highest BCUT2D eigenvalue weighted by Gasteiger charge is 2.30. The van der Waals surface area contributed by atoms with Gasteiger partial charge in [-0.25, -0.2) is 4.98 Å². The maximum Gasteiger partial charge on any atom is 0.228 e. The summed E-state index contributed by atoms with van der Waals surface area (Å²) >= 11 is 0. The number of piperazine rings is 1. The van der Waals surface area contributed by atoms with E-state index in [4.69, 9.17) is 0 Å². The molecule has 2 heterocycles. The van der Waals surface area contributed by atoms with Gasteiger partial charge in [0.15, 0.2) is 0 Å². The molecule has 0 aromatic carbocycles. The summed E-state index contributed by atoms with van der Waals surface area (Å²) in [4.78, 5) is 21.1. The van der Waals surface area contributed by atoms with E-state index >= 15 is 0 Å². The number of carbonyl (C=O) groups excluding carboxylic acids is 1. The molecule has 23 heavy (non-hydrogen) atoms. The summed E-state index contributed by atoms with van der Waals surface area (Å²) in [6, 6.07) is 0. The van der Waals surface area contributed by atoms with Gasteiger partial charge in [-0.05, 0) is 27.2 Å². The summed E-state index contributed by atoms with van der Waals surface area (Å²) in [7, 11) is 0. The van der Waals surface area contributed by atoms with E-state index in [0.717, 1.165) is 44.8 Å². The topological polar surface area (TPSA) is 41.4 Å². The highest BCUT2D eigenvalue weighted by Crippen LogP contribution is 2.22. The second-order valence-electron chi connectivity index (χ2n) is 8.37. The lowest BCUT2D eigenvalue weighted by atomic mass is 9.94. The summed E-state index contributed by atoms with van der Waals surface area (Å²) in [5.74, 6) is 0.270. The van der Waals surface area contributed by atoms with Crippen LogP contribution in [0, 0.1) is 12.3 Å². The lowest BCUT2D eigenvalue weighted by molar-refractivity contribution is -0.141. The monoisotopic (exact) mass is 320 g/mol. The highest BCUT2D eigenvalue weighted by atomic mass is 16.2. The van der Waals surface area contributed by atoms with Gasteiger partial charge in [0, 0.05) is 49.9 Å². The fraction of sp³-hybridized carbons (Fsp3) is 0.778. The smallest absolute Gasteiger partial charge is 0.228 e. The van der Waals surface area contributed by atoms with Crippen molar-refractivity contribution in [3.05, 3.63) is 18.2 Å². The molecule has 1 saturated heterocycles. The first-order valence-corrected chi connectivity index (χ1v) is 8.62. The number of nitrogens with zero attached hydrogens (tertiary/aromatic N) is 4. The van der Waals surface area contributed by atoms with Crippen LogP contribution in [-0.4, -0.2) is 58.0 Å². The highest BCUT2D eigenvalue weighted by molar-refractivity contribution is 5.81. The van der Waals surface area contributed by atoms with Crippen molar-refractivity contribution < 1.29 is 4.79 Å². The molecule has 5 nitrogen and oxygen atoms in total. The molecule has 0 bridgehead atoms. The van der Waals surface area contributed by atoms with Crippen LogP contribution in [0.2, 0.25) is 0 Å². The van der Waals surface area contributed by atoms with Crippen LogP contribution < -0.4 is 0 Å². The Hall–Kier alpha value is -1.36. The van der Waals surface area contributed by atoms with Crippen molar-refractivity contribution in [1.82, 2.24) is 19.4 Å². The van der Waals surface area contributed by atoms with E-state index in [2.05, 4.69) is 34.5 Å². The predicted molar refractivity (Wildman–Crippen MR) is 93.4 cm³/mol. The van der Waals surface area contributed by atoms with Gasteiger partial charge in [-0.15, -0.1) is 0 Å². The molecule has 0 saturated carbocycles. The number of aromatic nitrogens is 2. The summed E-state index contributed by atoms with van der Waals surface area (Å²) in [5, 5.41) is 0. The quantitative estimate of drug-likeness (QED) is 0.856. The summed E-state index contributed by atoms with van der Waals surface area (Å²) in [6.07, 6.45) is 5.12. The van der Waals surface area contributed by atoms with Gasteiger partial charge in [0.05, 0.1) is 12.0 Å². The van der Waals surface area contributed by atoms with E-state index in [1.807, 2.05) is 38.9 Å². The fourth-order valence-corrected chi connectivity index (χ4v) is 2.96. The van der Waals surface area contributed by atoms with Crippen molar-refractivity contribution >= 4 is 5.91 Å². The van der Waals surface area contributed by atoms with Gasteiger partial charge in [0.1, 0.15) is 0 Å². The van der Waals surface area contributed by atoms with Crippen LogP contribution in [0.1, 0.15) is 46.7 Å². The van der Waals surface area contributed by atoms with Crippen LogP contribution in [0.5, 0.6) is 0 Å². The molecule has 0 N–H and O–H groups in total. The van der Waals surface area contributed by atoms with Gasteiger partial charge in [-0.1, -0.05) is 20.8 Å². The SMILES string of the molecule is Cc1cn(C(C)(C)CCN2CCN(C(=O)C(C)(C)C)CC2)cn1. The van der Waals surface area contributed by atoms with E-state index in [1.54, 1.807) is 0 Å². The van der Waals surface area contributed by atoms with Crippen LogP contribution in [0.3, 0.4) is 0 Å². The Morgan fingerprint density at radius 3 is 2.22 bits per heavy atom. The molecule has 1 amide bonds. The third-order valence-corrected chi connectivity index (χ3v) is 4.75. The summed E-state index contributed by atoms with van der Waals surface area (Å²) in [6.45, 7) is 17.2. The van der Waals surface area contributed by atoms with Gasteiger partial charge in [-0.2, -0.15) is 0 Å². The molecule has 130 valence electrons. The maximum absolute atomic E-state index is 12.3. The molecule has 2 rings (SSSR count). The second kappa shape index (κ2) is 6.63. The number of carbonyl (C=O) groups is 1. The zero-order valence-electron chi connectivity index (χ0n) is 15.6. The van der Waals surface area contributed by atoms with E-state index < -0.39 is 0 Å². The van der Waals surface area contributed by atoms with Gasteiger partial charge >= 0.3 is 0 Å². The Bertz CT molecular complexity index is 533. The van der Waals surface area contributed by atoms with Crippen molar-refractivity contribution in [3.8, 4) is 0 Å². The van der Waals surface area contributed by atoms with Crippen molar-refractivity contribution in [1.29, 1.82) is 0 Å². The van der Waals surface area contributed by atoms with Gasteiger partial charge < -0.3 is 9.47 Å². The average molecular weight is 320 g/mol. The Labute approximate surface area is 140 Å². The maximum atomic E-state index is 12.3. The molecule has 1 fully saturated rings. The molecule has 0 aliphatic carbocycles. The molecule has 1 aromatic rings. The van der Waals surface area contributed by atoms with Crippen molar-refractivity contribution in [2.45, 2.75) is 53.5 Å². The molecule has 0 unspecified atom stereocenters. The second-order valence-corrected chi connectivity index (χ2v) is 8.37. The molecule has 1 aliphatic rings. The first-order chi connectivity index (χ1) is 10.6. The minimum Gasteiger partial charge on any atom is -0.340 e. The number of hydrogen-bond donors (Lipinski definition) is 0. The van der Waals surface area contributed by atoms with Crippen molar-refractivity contribution in [3.63, 3.8) is 0 Å². The lowest BCUT2D eigenvalue weighted by Gasteiger charge is -2.39. The van der Waals surface area contributed by atoms with Crippen LogP contribution in [-0.2, 0) is 10.3 Å². The average Bonchev–Trinajstić information content (AvgIpc) is 2.91. The minimum atomic E-state index is -0.274. The Balaban J connectivity index is 1.82. The van der Waals surface area contributed by atoms with Crippen molar-refractivity contribution in [2.24, 2.45) is 5.41 Å². The molecule has 0 spiro atoms. The third kappa shape index (κ3) is 4.56. The molecular weight excluding hydrogens is 288 g/mol. The predicted octanol–water partition coefficient (Wildman–Crippen LogP) is 2.51. The number of amides is 1. The largest absolute Gasteiger partial charge is 0.340 e. The molecule has 0 atom stereocenters. The number of aryl methyl sites for hydroxylation is 1. The number of rotatable bonds is 4.